The van der Waals surface area contributed by atoms with Crippen LogP contribution in [0.1, 0.15) is 54.9 Å². The third-order valence-electron chi connectivity index (χ3n) is 4.14. The highest BCUT2D eigenvalue weighted by Gasteiger charge is 2.24. The Labute approximate surface area is 144 Å². The maximum absolute atomic E-state index is 5.57. The highest BCUT2D eigenvalue weighted by atomic mass is 16.5. The van der Waals surface area contributed by atoms with Crippen LogP contribution in [-0.4, -0.2) is 62.8 Å². The Hall–Kier alpha value is -0.810. The van der Waals surface area contributed by atoms with Gasteiger partial charge < -0.3 is 15.4 Å². The molecule has 0 spiro atoms. The van der Waals surface area contributed by atoms with Crippen LogP contribution in [0.3, 0.4) is 0 Å². The fraction of sp³-hybridized carbons (Fsp3) is 0.944. The first-order valence-corrected chi connectivity index (χ1v) is 8.86. The number of hydrogen-bond donors (Lipinski definition) is 2. The second-order valence-corrected chi connectivity index (χ2v) is 7.75. The van der Waals surface area contributed by atoms with E-state index in [0.717, 1.165) is 32.0 Å². The maximum atomic E-state index is 5.57. The SMILES string of the molecule is CN=C(NCCCN(C(C)C)C(C)C)NCC(OC)C(C)(C)C. The number of aliphatic imine (C=N–C) groups is 1. The molecule has 0 aromatic heterocycles. The number of guanidine groups is 1. The molecule has 0 aromatic carbocycles. The average Bonchev–Trinajstić information content (AvgIpc) is 2.43. The molecule has 138 valence electrons. The van der Waals surface area contributed by atoms with Gasteiger partial charge in [0, 0.05) is 45.9 Å². The van der Waals surface area contributed by atoms with Gasteiger partial charge in [0.05, 0.1) is 6.10 Å². The summed E-state index contributed by atoms with van der Waals surface area (Å²) in [6.07, 6.45) is 1.25. The first-order valence-electron chi connectivity index (χ1n) is 8.86. The summed E-state index contributed by atoms with van der Waals surface area (Å²) >= 11 is 0. The van der Waals surface area contributed by atoms with E-state index in [1.54, 1.807) is 7.11 Å². The summed E-state index contributed by atoms with van der Waals surface area (Å²) in [6.45, 7) is 18.4. The highest BCUT2D eigenvalue weighted by Crippen LogP contribution is 2.20. The van der Waals surface area contributed by atoms with Gasteiger partial charge in [-0.15, -0.1) is 0 Å². The standard InChI is InChI=1S/C18H40N4O/c1-14(2)22(15(3)4)12-10-11-20-17(19-8)21-13-16(23-9)18(5,6)7/h14-16H,10-13H2,1-9H3,(H2,19,20,21). The van der Waals surface area contributed by atoms with Crippen LogP contribution in [0.4, 0.5) is 0 Å². The van der Waals surface area contributed by atoms with E-state index in [0.29, 0.717) is 12.1 Å². The first kappa shape index (κ1) is 22.2. The Morgan fingerprint density at radius 1 is 1.09 bits per heavy atom. The molecule has 0 bridgehead atoms. The van der Waals surface area contributed by atoms with Crippen molar-refractivity contribution in [3.05, 3.63) is 0 Å². The number of methoxy groups -OCH3 is 1. The van der Waals surface area contributed by atoms with E-state index in [9.17, 15) is 0 Å². The van der Waals surface area contributed by atoms with Crippen molar-refractivity contribution in [2.75, 3.05) is 33.8 Å². The van der Waals surface area contributed by atoms with Crippen molar-refractivity contribution in [3.8, 4) is 0 Å². The Bertz CT molecular complexity index is 326. The van der Waals surface area contributed by atoms with Crippen LogP contribution in [0.15, 0.2) is 4.99 Å². The minimum absolute atomic E-state index is 0.107. The van der Waals surface area contributed by atoms with E-state index in [1.807, 2.05) is 7.05 Å². The number of nitrogens with one attached hydrogen (secondary N) is 2. The second-order valence-electron chi connectivity index (χ2n) is 7.75. The summed E-state index contributed by atoms with van der Waals surface area (Å²) in [7, 11) is 3.57. The Morgan fingerprint density at radius 2 is 1.65 bits per heavy atom. The molecule has 0 fully saturated rings. The molecule has 0 aliphatic carbocycles. The lowest BCUT2D eigenvalue weighted by Gasteiger charge is -2.31. The molecule has 0 aliphatic heterocycles. The molecule has 2 N–H and O–H groups in total. The minimum atomic E-state index is 0.107. The first-order chi connectivity index (χ1) is 10.6. The molecule has 0 radical (unpaired) electrons. The van der Waals surface area contributed by atoms with Crippen molar-refractivity contribution in [2.45, 2.75) is 73.1 Å². The predicted molar refractivity (Wildman–Crippen MR) is 101 cm³/mol. The molecule has 5 nitrogen and oxygen atoms in total. The quantitative estimate of drug-likeness (QED) is 0.388. The van der Waals surface area contributed by atoms with Crippen LogP contribution in [0, 0.1) is 5.41 Å². The molecule has 0 rings (SSSR count). The molecular formula is C18H40N4O. The van der Waals surface area contributed by atoms with Gasteiger partial charge in [0.25, 0.3) is 0 Å². The molecule has 0 aliphatic rings. The zero-order valence-corrected chi connectivity index (χ0v) is 16.9. The van der Waals surface area contributed by atoms with E-state index in [1.165, 1.54) is 0 Å². The van der Waals surface area contributed by atoms with Crippen LogP contribution >= 0.6 is 0 Å². The van der Waals surface area contributed by atoms with Gasteiger partial charge in [-0.25, -0.2) is 0 Å². The molecule has 0 amide bonds. The molecule has 0 aromatic rings. The smallest absolute Gasteiger partial charge is 0.191 e. The van der Waals surface area contributed by atoms with E-state index < -0.39 is 0 Å². The van der Waals surface area contributed by atoms with Crippen LogP contribution in [0.25, 0.3) is 0 Å². The van der Waals surface area contributed by atoms with Gasteiger partial charge in [-0.05, 0) is 39.5 Å². The maximum Gasteiger partial charge on any atom is 0.191 e. The number of hydrogen-bond acceptors (Lipinski definition) is 3. The molecule has 0 saturated carbocycles. The third kappa shape index (κ3) is 9.16. The summed E-state index contributed by atoms with van der Waals surface area (Å²) < 4.78 is 5.57. The fourth-order valence-electron chi connectivity index (χ4n) is 2.73. The summed E-state index contributed by atoms with van der Waals surface area (Å²) in [4.78, 5) is 6.80. The summed E-state index contributed by atoms with van der Waals surface area (Å²) in [5.74, 6) is 0.844. The summed E-state index contributed by atoms with van der Waals surface area (Å²) in [5.41, 5.74) is 0.107. The summed E-state index contributed by atoms with van der Waals surface area (Å²) in [6, 6.07) is 1.17. The minimum Gasteiger partial charge on any atom is -0.379 e. The average molecular weight is 329 g/mol. The monoisotopic (exact) mass is 328 g/mol. The number of ether oxygens (including phenoxy) is 1. The van der Waals surface area contributed by atoms with Gasteiger partial charge in [0.2, 0.25) is 0 Å². The topological polar surface area (TPSA) is 48.9 Å². The zero-order chi connectivity index (χ0) is 18.0. The van der Waals surface area contributed by atoms with Gasteiger partial charge in [-0.1, -0.05) is 20.8 Å². The lowest BCUT2D eigenvalue weighted by atomic mass is 9.89. The van der Waals surface area contributed by atoms with Gasteiger partial charge >= 0.3 is 0 Å². The highest BCUT2D eigenvalue weighted by molar-refractivity contribution is 5.79. The van der Waals surface area contributed by atoms with Gasteiger partial charge in [0.15, 0.2) is 5.96 Å². The molecule has 23 heavy (non-hydrogen) atoms. The van der Waals surface area contributed by atoms with E-state index in [-0.39, 0.29) is 11.5 Å². The molecule has 0 heterocycles. The van der Waals surface area contributed by atoms with Crippen LogP contribution in [0.2, 0.25) is 0 Å². The largest absolute Gasteiger partial charge is 0.379 e. The van der Waals surface area contributed by atoms with Crippen molar-refractivity contribution in [1.82, 2.24) is 15.5 Å². The van der Waals surface area contributed by atoms with E-state index in [4.69, 9.17) is 4.74 Å². The van der Waals surface area contributed by atoms with Crippen molar-refractivity contribution in [1.29, 1.82) is 0 Å². The molecular weight excluding hydrogens is 288 g/mol. The normalized spacial score (nSPS) is 14.7. The molecule has 0 saturated heterocycles. The van der Waals surface area contributed by atoms with Gasteiger partial charge in [-0.3, -0.25) is 9.89 Å². The van der Waals surface area contributed by atoms with Crippen LogP contribution in [0.5, 0.6) is 0 Å². The zero-order valence-electron chi connectivity index (χ0n) is 16.9. The lowest BCUT2D eigenvalue weighted by Crippen LogP contribution is -2.46. The fourth-order valence-corrected chi connectivity index (χ4v) is 2.73. The summed E-state index contributed by atoms with van der Waals surface area (Å²) in [5, 5.41) is 6.75. The molecule has 1 atom stereocenters. The van der Waals surface area contributed by atoms with Crippen molar-refractivity contribution < 1.29 is 4.74 Å². The molecule has 1 unspecified atom stereocenters. The lowest BCUT2D eigenvalue weighted by molar-refractivity contribution is 0.0205. The van der Waals surface area contributed by atoms with Crippen LogP contribution < -0.4 is 10.6 Å². The number of rotatable bonds is 9. The Kier molecular flexibility index (Phi) is 10.5. The van der Waals surface area contributed by atoms with E-state index in [2.05, 4.69) is 69.0 Å². The molecule has 5 heteroatoms. The van der Waals surface area contributed by atoms with Crippen molar-refractivity contribution in [3.63, 3.8) is 0 Å². The van der Waals surface area contributed by atoms with E-state index >= 15 is 0 Å². The predicted octanol–water partition coefficient (Wildman–Crippen LogP) is 2.72. The Morgan fingerprint density at radius 3 is 2.04 bits per heavy atom. The van der Waals surface area contributed by atoms with Gasteiger partial charge in [-0.2, -0.15) is 0 Å². The third-order valence-corrected chi connectivity index (χ3v) is 4.14. The second kappa shape index (κ2) is 10.9. The number of nitrogens with zero attached hydrogens (tertiary/aromatic N) is 2. The van der Waals surface area contributed by atoms with Crippen molar-refractivity contribution in [2.24, 2.45) is 10.4 Å². The van der Waals surface area contributed by atoms with Crippen LogP contribution in [-0.2, 0) is 4.74 Å². The Balaban J connectivity index is 4.17. The van der Waals surface area contributed by atoms with Crippen molar-refractivity contribution >= 4 is 5.96 Å². The van der Waals surface area contributed by atoms with Gasteiger partial charge in [0.1, 0.15) is 0 Å².